The van der Waals surface area contributed by atoms with Crippen LogP contribution in [0.1, 0.15) is 37.1 Å². The van der Waals surface area contributed by atoms with Gasteiger partial charge in [0, 0.05) is 38.8 Å². The number of phosphoric acid groups is 1. The number of fused-ring (bicyclic) bond motifs is 2. The molecule has 13 atom stereocenters. The van der Waals surface area contributed by atoms with Gasteiger partial charge in [0.1, 0.15) is 78.9 Å². The molecule has 8 heterocycles. The summed E-state index contributed by atoms with van der Waals surface area (Å²) in [6, 6.07) is 0. The molecule has 66 heavy (non-hydrogen) atoms. The number of aromatic amines is 1. The number of aryl methyl sites for hydroxylation is 1. The molecule has 29 nitrogen and oxygen atoms in total. The fourth-order valence-electron chi connectivity index (χ4n) is 7.60. The van der Waals surface area contributed by atoms with Crippen molar-refractivity contribution in [3.05, 3.63) is 57.9 Å². The third kappa shape index (κ3) is 10.2. The molecular formula is C32H43N12O17P3S2. The number of anilines is 2. The van der Waals surface area contributed by atoms with Crippen molar-refractivity contribution in [3.63, 3.8) is 0 Å². The Balaban J connectivity index is 1.03. The Bertz CT molecular complexity index is 2860. The molecular weight excluding hydrogens is 981 g/mol. The van der Waals surface area contributed by atoms with Gasteiger partial charge in [0.2, 0.25) is 0 Å². The van der Waals surface area contributed by atoms with E-state index in [1.165, 1.54) is 54.7 Å². The summed E-state index contributed by atoms with van der Waals surface area (Å²) in [7, 11) is -2.86. The molecule has 0 bridgehead atoms. The minimum atomic E-state index is -5.24. The number of nitrogens with two attached hydrogens (primary N) is 2. The first-order valence-electron chi connectivity index (χ1n) is 19.5. The topological polar surface area (TPSA) is 378 Å². The number of H-pyrrole nitrogens is 1. The maximum absolute atomic E-state index is 14.1. The summed E-state index contributed by atoms with van der Waals surface area (Å²) in [6.45, 7) is -8.73. The second kappa shape index (κ2) is 19.4. The molecule has 3 aliphatic rings. The Labute approximate surface area is 381 Å². The number of thiol groups is 2. The second-order valence-corrected chi connectivity index (χ2v) is 22.1. The molecule has 34 heteroatoms. The number of nitrogens with zero attached hydrogens (tertiary/aromatic N) is 9. The van der Waals surface area contributed by atoms with Crippen molar-refractivity contribution < 1.29 is 69.8 Å². The van der Waals surface area contributed by atoms with E-state index >= 15 is 0 Å². The van der Waals surface area contributed by atoms with E-state index in [1.807, 2.05) is 0 Å². The van der Waals surface area contributed by atoms with Gasteiger partial charge in [-0.1, -0.05) is 24.5 Å². The highest BCUT2D eigenvalue weighted by molar-refractivity contribution is 8.44. The largest absolute Gasteiger partial charge is 0.473 e. The van der Waals surface area contributed by atoms with Crippen molar-refractivity contribution in [2.24, 2.45) is 0 Å². The standard InChI is InChI=1S/C32H43N12O17P3S2/c1-14-6-42(32(47)41-30(14)46)20-4-15(17(7-45)56-20)59-62(48,49)61-24-19(58-31(25(24)52-2)44-13-40-23-27(34)36-11-38-29(23)44)9-55-64(51,66)60-16-5-21(57-18(16)8-54-63(50,65)53-3)43-12-39-22-26(33)35-10-37-28(22)43/h6,10-13,15-21,24-25,31,45H,4-5,7-9H2,1-3H3,(H,48,49)(H,50,65)(H,51,66)(H2,33,35,37)(H2,34,36,38)(H,41,46,47)/t15-,16-,17+,18+,19+,20+,21+,24+,25+,31+,63?,64?/m0/s1. The summed E-state index contributed by atoms with van der Waals surface area (Å²) in [5.41, 5.74) is 11.7. The Morgan fingerprint density at radius 3 is 1.98 bits per heavy atom. The van der Waals surface area contributed by atoms with Crippen LogP contribution in [0.2, 0.25) is 0 Å². The van der Waals surface area contributed by atoms with Crippen LogP contribution in [0.3, 0.4) is 0 Å². The summed E-state index contributed by atoms with van der Waals surface area (Å²) < 4.78 is 102. The van der Waals surface area contributed by atoms with Crippen molar-refractivity contribution in [1.82, 2.24) is 48.6 Å². The number of aliphatic hydroxyl groups excluding tert-OH is 1. The fourth-order valence-corrected chi connectivity index (χ4v) is 10.9. The van der Waals surface area contributed by atoms with E-state index < -0.39 is 114 Å². The minimum Gasteiger partial charge on any atom is -0.394 e. The van der Waals surface area contributed by atoms with Gasteiger partial charge in [-0.05, 0) is 6.92 Å². The number of aromatic nitrogens is 10. The highest BCUT2D eigenvalue weighted by Gasteiger charge is 2.53. The highest BCUT2D eigenvalue weighted by atomic mass is 32.7. The van der Waals surface area contributed by atoms with Crippen LogP contribution in [0, 0.1) is 6.92 Å². The molecule has 3 fully saturated rings. The number of rotatable bonds is 18. The van der Waals surface area contributed by atoms with Gasteiger partial charge in [-0.25, -0.2) is 48.4 Å². The lowest BCUT2D eigenvalue weighted by Crippen LogP contribution is -2.38. The first-order valence-corrected chi connectivity index (χ1v) is 26.4. The summed E-state index contributed by atoms with van der Waals surface area (Å²) >= 11 is 8.14. The SMILES string of the molecule is CO[C@@H]1[C@H](OP(=O)(O)O[C@H]2C[C@H](n3cc(C)c(=O)[nH]c3=O)O[C@@H]2CO)[C@@H](COP(=O)(S)O[C@H]2C[C@H](n3cnc4c(N)ncnc43)O[C@@H]2COP(=O)(S)OC)O[C@H]1n1cnc2c(N)ncnc21. The van der Waals surface area contributed by atoms with Crippen LogP contribution in [-0.4, -0.2) is 135 Å². The van der Waals surface area contributed by atoms with E-state index in [1.54, 1.807) is 0 Å². The number of methoxy groups -OCH3 is 1. The Morgan fingerprint density at radius 1 is 0.773 bits per heavy atom. The van der Waals surface area contributed by atoms with E-state index in [-0.39, 0.29) is 46.7 Å². The van der Waals surface area contributed by atoms with Gasteiger partial charge in [0.05, 0.1) is 32.5 Å². The molecule has 0 aromatic carbocycles. The molecule has 0 aliphatic carbocycles. The Hall–Kier alpha value is -3.71. The molecule has 8 rings (SSSR count). The number of aliphatic hydroxyl groups is 1. The maximum Gasteiger partial charge on any atom is 0.473 e. The van der Waals surface area contributed by atoms with Gasteiger partial charge in [-0.15, -0.1) is 0 Å². The average Bonchev–Trinajstić information content (AvgIpc) is 4.11. The lowest BCUT2D eigenvalue weighted by atomic mass is 10.1. The molecule has 0 amide bonds. The van der Waals surface area contributed by atoms with E-state index in [4.69, 9.17) is 57.6 Å². The predicted octanol–water partition coefficient (Wildman–Crippen LogP) is 1.18. The van der Waals surface area contributed by atoms with Crippen LogP contribution in [0.4, 0.5) is 11.6 Å². The maximum atomic E-state index is 14.1. The van der Waals surface area contributed by atoms with Gasteiger partial charge < -0.3 is 44.9 Å². The molecule has 5 aromatic heterocycles. The molecule has 3 aliphatic heterocycles. The zero-order valence-corrected chi connectivity index (χ0v) is 39.1. The van der Waals surface area contributed by atoms with Crippen LogP contribution < -0.4 is 22.7 Å². The number of hydrogen-bond acceptors (Lipinski definition) is 24. The van der Waals surface area contributed by atoms with Crippen LogP contribution >= 0.6 is 45.9 Å². The predicted molar refractivity (Wildman–Crippen MR) is 231 cm³/mol. The third-order valence-corrected chi connectivity index (χ3v) is 15.2. The molecule has 0 radical (unpaired) electrons. The molecule has 0 saturated carbocycles. The van der Waals surface area contributed by atoms with Gasteiger partial charge in [0.25, 0.3) is 5.56 Å². The zero-order valence-electron chi connectivity index (χ0n) is 34.6. The third-order valence-electron chi connectivity index (χ3n) is 10.7. The number of nitrogen functional groups attached to an aromatic ring is 2. The van der Waals surface area contributed by atoms with Crippen LogP contribution in [0.15, 0.2) is 41.1 Å². The molecule has 360 valence electrons. The normalized spacial score (nSPS) is 29.6. The number of hydrogen-bond donors (Lipinski definition) is 7. The zero-order chi connectivity index (χ0) is 47.3. The van der Waals surface area contributed by atoms with Crippen molar-refractivity contribution >= 4 is 79.9 Å². The molecule has 0 spiro atoms. The van der Waals surface area contributed by atoms with Crippen LogP contribution in [-0.2, 0) is 59.8 Å². The van der Waals surface area contributed by atoms with Crippen LogP contribution in [0.25, 0.3) is 22.3 Å². The number of phosphoric ester groups is 1. The Kier molecular flexibility index (Phi) is 14.3. The summed E-state index contributed by atoms with van der Waals surface area (Å²) in [5.74, 6) is 0.145. The first kappa shape index (κ1) is 48.7. The fraction of sp³-hybridized carbons (Fsp3) is 0.562. The van der Waals surface area contributed by atoms with Gasteiger partial charge in [-0.3, -0.25) is 46.1 Å². The van der Waals surface area contributed by atoms with E-state index in [0.29, 0.717) is 5.65 Å². The summed E-state index contributed by atoms with van der Waals surface area (Å²) in [6.07, 6.45) is -6.28. The lowest BCUT2D eigenvalue weighted by Gasteiger charge is -2.27. The van der Waals surface area contributed by atoms with Crippen molar-refractivity contribution in [2.75, 3.05) is 45.5 Å². The van der Waals surface area contributed by atoms with Crippen molar-refractivity contribution in [1.29, 1.82) is 0 Å². The smallest absolute Gasteiger partial charge is 0.394 e. The van der Waals surface area contributed by atoms with Gasteiger partial charge in [-0.2, -0.15) is 0 Å². The molecule has 5 aromatic rings. The monoisotopic (exact) mass is 1020 g/mol. The lowest BCUT2D eigenvalue weighted by molar-refractivity contribution is -0.0582. The summed E-state index contributed by atoms with van der Waals surface area (Å²) in [4.78, 5) is 63.0. The van der Waals surface area contributed by atoms with E-state index in [0.717, 1.165) is 11.7 Å². The van der Waals surface area contributed by atoms with E-state index in [2.05, 4.69) is 59.4 Å². The number of ether oxygens (including phenoxy) is 4. The first-order chi connectivity index (χ1) is 31.3. The van der Waals surface area contributed by atoms with E-state index in [9.17, 15) is 33.3 Å². The van der Waals surface area contributed by atoms with Crippen molar-refractivity contribution in [3.8, 4) is 0 Å². The van der Waals surface area contributed by atoms with Gasteiger partial charge >= 0.3 is 27.1 Å². The quantitative estimate of drug-likeness (QED) is 0.0478. The highest BCUT2D eigenvalue weighted by Crippen LogP contribution is 2.59. The second-order valence-electron chi connectivity index (χ2n) is 14.9. The van der Waals surface area contributed by atoms with Crippen LogP contribution in [0.5, 0.6) is 0 Å². The van der Waals surface area contributed by atoms with Crippen molar-refractivity contribution in [2.45, 2.75) is 81.2 Å². The minimum absolute atomic E-state index is 0.0366. The molecule has 7 N–H and O–H groups in total. The van der Waals surface area contributed by atoms with Gasteiger partial charge in [0.15, 0.2) is 29.2 Å². The molecule has 3 saturated heterocycles. The number of imidazole rings is 2. The number of nitrogens with one attached hydrogen (secondary N) is 1. The Morgan fingerprint density at radius 2 is 1.35 bits per heavy atom. The average molecular weight is 1020 g/mol. The molecule has 3 unspecified atom stereocenters. The summed E-state index contributed by atoms with van der Waals surface area (Å²) in [5, 5.41) is 10.1.